The molecule has 41 heavy (non-hydrogen) atoms. The maximum atomic E-state index is 14.8. The van der Waals surface area contributed by atoms with Crippen molar-refractivity contribution in [2.45, 2.75) is 96.8 Å². The lowest BCUT2D eigenvalue weighted by Gasteiger charge is -2.28. The molecule has 224 valence electrons. The summed E-state index contributed by atoms with van der Waals surface area (Å²) in [5.74, 6) is 0.732. The van der Waals surface area contributed by atoms with Crippen LogP contribution in [0.25, 0.3) is 0 Å². The van der Waals surface area contributed by atoms with E-state index in [1.807, 2.05) is 6.07 Å². The van der Waals surface area contributed by atoms with Crippen molar-refractivity contribution in [1.82, 2.24) is 0 Å². The molecule has 1 saturated carbocycles. The number of benzene rings is 2. The van der Waals surface area contributed by atoms with Gasteiger partial charge in [0.05, 0.1) is 18.8 Å². The fraction of sp³-hybridized carbons (Fsp3) is 0.543. The summed E-state index contributed by atoms with van der Waals surface area (Å²) in [5, 5.41) is 0. The van der Waals surface area contributed by atoms with E-state index in [2.05, 4.69) is 13.5 Å². The lowest BCUT2D eigenvalue weighted by Crippen LogP contribution is -2.15. The number of esters is 2. The summed E-state index contributed by atoms with van der Waals surface area (Å²) in [6.45, 7) is 6.57. The standard InChI is InChI=1S/C35H47FO5/c1-3-5-8-11-27-12-14-28(15-13-27)16-17-29-18-23-33(32(36)26-29)41-35(38)30-19-21-31(22-20-30)39-24-9-6-7-10-25-40-34(37)4-2/h4,18-23,26-28H,2-3,5-17,24-25H2,1H3. The van der Waals surface area contributed by atoms with E-state index in [1.165, 1.54) is 57.4 Å². The van der Waals surface area contributed by atoms with Crippen LogP contribution < -0.4 is 9.47 Å². The number of ether oxygens (including phenoxy) is 3. The second kappa shape index (κ2) is 18.3. The second-order valence-corrected chi connectivity index (χ2v) is 11.2. The summed E-state index contributed by atoms with van der Waals surface area (Å²) in [5.41, 5.74) is 1.28. The molecule has 2 aromatic rings. The van der Waals surface area contributed by atoms with Crippen molar-refractivity contribution in [3.05, 3.63) is 72.1 Å². The normalized spacial score (nSPS) is 16.6. The zero-order chi connectivity index (χ0) is 29.3. The highest BCUT2D eigenvalue weighted by atomic mass is 19.1. The molecule has 0 N–H and O–H groups in total. The Bertz CT molecular complexity index is 1070. The quantitative estimate of drug-likeness (QED) is 0.0780. The molecule has 5 nitrogen and oxygen atoms in total. The van der Waals surface area contributed by atoms with Gasteiger partial charge in [0.15, 0.2) is 11.6 Å². The number of hydrogen-bond acceptors (Lipinski definition) is 5. The Kier molecular flexibility index (Phi) is 14.5. The summed E-state index contributed by atoms with van der Waals surface area (Å²) in [7, 11) is 0. The van der Waals surface area contributed by atoms with E-state index in [9.17, 15) is 14.0 Å². The third-order valence-electron chi connectivity index (χ3n) is 8.03. The molecule has 0 radical (unpaired) electrons. The first-order valence-corrected chi connectivity index (χ1v) is 15.5. The van der Waals surface area contributed by atoms with Gasteiger partial charge in [0, 0.05) is 6.08 Å². The van der Waals surface area contributed by atoms with Crippen molar-refractivity contribution in [2.24, 2.45) is 11.8 Å². The number of unbranched alkanes of at least 4 members (excludes halogenated alkanes) is 5. The minimum atomic E-state index is -0.601. The number of rotatable bonds is 18. The van der Waals surface area contributed by atoms with Gasteiger partial charge in [-0.15, -0.1) is 0 Å². The number of halogens is 1. The molecule has 0 unspecified atom stereocenters. The molecule has 0 amide bonds. The minimum Gasteiger partial charge on any atom is -0.494 e. The van der Waals surface area contributed by atoms with E-state index in [0.29, 0.717) is 24.5 Å². The molecular formula is C35H47FO5. The van der Waals surface area contributed by atoms with E-state index >= 15 is 0 Å². The summed E-state index contributed by atoms with van der Waals surface area (Å²) in [6.07, 6.45) is 17.3. The molecule has 0 bridgehead atoms. The van der Waals surface area contributed by atoms with Crippen molar-refractivity contribution < 1.29 is 28.2 Å². The first-order chi connectivity index (χ1) is 20.0. The Hall–Kier alpha value is -3.15. The fourth-order valence-corrected chi connectivity index (χ4v) is 5.47. The number of hydrogen-bond donors (Lipinski definition) is 0. The Balaban J connectivity index is 1.33. The summed E-state index contributed by atoms with van der Waals surface area (Å²) < 4.78 is 30.8. The fourth-order valence-electron chi connectivity index (χ4n) is 5.47. The molecule has 3 rings (SSSR count). The van der Waals surface area contributed by atoms with Crippen LogP contribution in [-0.2, 0) is 16.0 Å². The number of carbonyl (C=O) groups is 2. The zero-order valence-corrected chi connectivity index (χ0v) is 24.7. The maximum absolute atomic E-state index is 14.8. The molecule has 0 saturated heterocycles. The third-order valence-corrected chi connectivity index (χ3v) is 8.03. The van der Waals surface area contributed by atoms with Gasteiger partial charge in [0.2, 0.25) is 0 Å². The van der Waals surface area contributed by atoms with Crippen LogP contribution in [0.1, 0.15) is 106 Å². The number of carbonyl (C=O) groups excluding carboxylic acids is 2. The van der Waals surface area contributed by atoms with E-state index in [4.69, 9.17) is 14.2 Å². The van der Waals surface area contributed by atoms with Crippen molar-refractivity contribution in [3.8, 4) is 11.5 Å². The van der Waals surface area contributed by atoms with Gasteiger partial charge in [-0.2, -0.15) is 0 Å². The molecule has 0 aliphatic heterocycles. The van der Waals surface area contributed by atoms with Gasteiger partial charge in [-0.1, -0.05) is 70.9 Å². The Morgan fingerprint density at radius 3 is 2.22 bits per heavy atom. The third kappa shape index (κ3) is 12.1. The number of aryl methyl sites for hydroxylation is 1. The molecular weight excluding hydrogens is 519 g/mol. The highest BCUT2D eigenvalue weighted by Crippen LogP contribution is 2.34. The second-order valence-electron chi connectivity index (χ2n) is 11.2. The lowest BCUT2D eigenvalue weighted by molar-refractivity contribution is -0.137. The Morgan fingerprint density at radius 1 is 0.878 bits per heavy atom. The first-order valence-electron chi connectivity index (χ1n) is 15.5. The molecule has 1 aliphatic carbocycles. The molecule has 6 heteroatoms. The lowest BCUT2D eigenvalue weighted by atomic mass is 9.78. The van der Waals surface area contributed by atoms with E-state index in [0.717, 1.165) is 62.0 Å². The van der Waals surface area contributed by atoms with E-state index in [1.54, 1.807) is 30.3 Å². The Morgan fingerprint density at radius 2 is 1.56 bits per heavy atom. The predicted octanol–water partition coefficient (Wildman–Crippen LogP) is 9.03. The predicted molar refractivity (Wildman–Crippen MR) is 161 cm³/mol. The molecule has 0 aromatic heterocycles. The van der Waals surface area contributed by atoms with Crippen LogP contribution in [0.4, 0.5) is 4.39 Å². The summed E-state index contributed by atoms with van der Waals surface area (Å²) >= 11 is 0. The van der Waals surface area contributed by atoms with Gasteiger partial charge in [0.1, 0.15) is 5.75 Å². The smallest absolute Gasteiger partial charge is 0.343 e. The molecule has 1 aliphatic rings. The Labute approximate surface area is 245 Å². The van der Waals surface area contributed by atoms with Gasteiger partial charge in [0.25, 0.3) is 0 Å². The SMILES string of the molecule is C=CC(=O)OCCCCCCOc1ccc(C(=O)Oc2ccc(CCC3CCC(CCCCC)CC3)cc2F)cc1. The van der Waals surface area contributed by atoms with Crippen molar-refractivity contribution in [2.75, 3.05) is 13.2 Å². The van der Waals surface area contributed by atoms with Crippen molar-refractivity contribution in [1.29, 1.82) is 0 Å². The van der Waals surface area contributed by atoms with Gasteiger partial charge < -0.3 is 14.2 Å². The average molecular weight is 567 g/mol. The monoisotopic (exact) mass is 566 g/mol. The molecule has 2 aromatic carbocycles. The van der Waals surface area contributed by atoms with E-state index in [-0.39, 0.29) is 5.75 Å². The van der Waals surface area contributed by atoms with Gasteiger partial charge in [-0.3, -0.25) is 0 Å². The average Bonchev–Trinajstić information content (AvgIpc) is 2.99. The van der Waals surface area contributed by atoms with Gasteiger partial charge >= 0.3 is 11.9 Å². The molecule has 1 fully saturated rings. The summed E-state index contributed by atoms with van der Waals surface area (Å²) in [6, 6.07) is 11.6. The maximum Gasteiger partial charge on any atom is 0.343 e. The zero-order valence-electron chi connectivity index (χ0n) is 24.7. The highest BCUT2D eigenvalue weighted by Gasteiger charge is 2.21. The molecule has 0 spiro atoms. The van der Waals surface area contributed by atoms with Crippen LogP contribution >= 0.6 is 0 Å². The topological polar surface area (TPSA) is 61.8 Å². The van der Waals surface area contributed by atoms with Crippen LogP contribution in [0.3, 0.4) is 0 Å². The van der Waals surface area contributed by atoms with E-state index < -0.39 is 17.8 Å². The van der Waals surface area contributed by atoms with Gasteiger partial charge in [-0.05, 0) is 92.3 Å². The first kappa shape index (κ1) is 32.4. The van der Waals surface area contributed by atoms with Crippen LogP contribution in [0.15, 0.2) is 55.1 Å². The van der Waals surface area contributed by atoms with Crippen molar-refractivity contribution in [3.63, 3.8) is 0 Å². The van der Waals surface area contributed by atoms with Crippen LogP contribution in [0.5, 0.6) is 11.5 Å². The largest absolute Gasteiger partial charge is 0.494 e. The van der Waals surface area contributed by atoms with Gasteiger partial charge in [-0.25, -0.2) is 14.0 Å². The molecule has 0 heterocycles. The van der Waals surface area contributed by atoms with Crippen LogP contribution in [0.2, 0.25) is 0 Å². The minimum absolute atomic E-state index is 0.0501. The summed E-state index contributed by atoms with van der Waals surface area (Å²) in [4.78, 5) is 23.6. The van der Waals surface area contributed by atoms with Crippen LogP contribution in [0, 0.1) is 17.7 Å². The highest BCUT2D eigenvalue weighted by molar-refractivity contribution is 5.91. The molecule has 0 atom stereocenters. The van der Waals surface area contributed by atoms with Crippen LogP contribution in [-0.4, -0.2) is 25.2 Å². The van der Waals surface area contributed by atoms with Crippen molar-refractivity contribution >= 4 is 11.9 Å².